The first-order valence-electron chi connectivity index (χ1n) is 16.1. The molecule has 18 nitrogen and oxygen atoms in total. The number of methoxy groups -OCH3 is 1. The number of aliphatic imine (C=N–C) groups is 1. The van der Waals surface area contributed by atoms with E-state index in [1.807, 2.05) is 32.4 Å². The predicted octanol–water partition coefficient (Wildman–Crippen LogP) is 4.42. The Morgan fingerprint density at radius 2 is 1.61 bits per heavy atom. The first-order valence-corrected chi connectivity index (χ1v) is 18.9. The lowest BCUT2D eigenvalue weighted by molar-refractivity contribution is -0.161. The average Bonchev–Trinajstić information content (AvgIpc) is 3.35. The Labute approximate surface area is 299 Å². The molecular formula is C31H51N5O13P2. The minimum Gasteiger partial charge on any atom is -0.438 e. The molecule has 1 fully saturated rings. The number of carbonyl (C=O) groups is 2. The molecule has 1 aliphatic rings. The third-order valence-corrected chi connectivity index (χ3v) is 10.3. The molecule has 20 heteroatoms. The summed E-state index contributed by atoms with van der Waals surface area (Å²) in [4.78, 5) is 59.3. The van der Waals surface area contributed by atoms with Crippen LogP contribution >= 0.6 is 16.1 Å². The highest BCUT2D eigenvalue weighted by Gasteiger charge is 2.50. The standard InChI is InChI=1S/C31H51N5O13P2/c1-20(2)36(21(3)4)50(45-16-14-32-11)49-23-24(42-12)26(35-15-13-22(37)34-29(35)40)48-25(23)33-17-51(41,46-18-43-27(38)30(5,6)7)47-19-44-28(39)31(8,9)10/h13,15,17,20-21,23-26H,14,16,18-19H2,1-10,12H3,(H,34,37,40)/b33-17+/t23?,24?,25-,26+,50?/m0/s1. The van der Waals surface area contributed by atoms with Crippen molar-refractivity contribution in [3.8, 4) is 0 Å². The van der Waals surface area contributed by atoms with Crippen molar-refractivity contribution in [2.75, 3.05) is 33.8 Å². The highest BCUT2D eigenvalue weighted by atomic mass is 31.2. The number of carbonyl (C=O) groups excluding carboxylic acids is 2. The molecule has 0 spiro atoms. The molecule has 0 saturated carbocycles. The van der Waals surface area contributed by atoms with Gasteiger partial charge in [0.15, 0.2) is 12.5 Å². The van der Waals surface area contributed by atoms with E-state index < -0.39 is 88.4 Å². The number of aromatic amines is 1. The number of nitrogens with zero attached hydrogens (tertiary/aromatic N) is 4. The molecule has 2 heterocycles. The Balaban J connectivity index is 2.59. The fraction of sp³-hybridized carbons (Fsp3) is 0.742. The Bertz CT molecular complexity index is 1500. The van der Waals surface area contributed by atoms with Crippen LogP contribution in [0.15, 0.2) is 26.8 Å². The summed E-state index contributed by atoms with van der Waals surface area (Å²) < 4.78 is 62.5. The van der Waals surface area contributed by atoms with E-state index in [2.05, 4.69) is 14.8 Å². The monoisotopic (exact) mass is 763 g/mol. The van der Waals surface area contributed by atoms with Crippen LogP contribution in [-0.2, 0) is 51.2 Å². The molecule has 0 aromatic carbocycles. The van der Waals surface area contributed by atoms with Gasteiger partial charge >= 0.3 is 25.2 Å². The molecule has 1 saturated heterocycles. The molecule has 1 aromatic rings. The van der Waals surface area contributed by atoms with Crippen LogP contribution in [0.5, 0.6) is 0 Å². The van der Waals surface area contributed by atoms with Crippen molar-refractivity contribution < 1.29 is 51.2 Å². The molecular weight excluding hydrogens is 712 g/mol. The van der Waals surface area contributed by atoms with Crippen molar-refractivity contribution in [1.82, 2.24) is 14.2 Å². The fourth-order valence-electron chi connectivity index (χ4n) is 4.34. The van der Waals surface area contributed by atoms with E-state index in [1.54, 1.807) is 41.5 Å². The molecule has 1 aromatic heterocycles. The Morgan fingerprint density at radius 1 is 1.06 bits per heavy atom. The van der Waals surface area contributed by atoms with E-state index >= 15 is 0 Å². The van der Waals surface area contributed by atoms with E-state index in [0.29, 0.717) is 0 Å². The summed E-state index contributed by atoms with van der Waals surface area (Å²) in [6.07, 6.45) is -3.59. The molecule has 51 heavy (non-hydrogen) atoms. The fourth-order valence-corrected chi connectivity index (χ4v) is 6.97. The van der Waals surface area contributed by atoms with Gasteiger partial charge in [0.05, 0.1) is 10.8 Å². The smallest absolute Gasteiger partial charge is 0.377 e. The summed E-state index contributed by atoms with van der Waals surface area (Å²) in [5.41, 5.74) is -3.24. The molecule has 0 amide bonds. The average molecular weight is 764 g/mol. The van der Waals surface area contributed by atoms with Gasteiger partial charge in [-0.05, 0) is 69.2 Å². The van der Waals surface area contributed by atoms with Crippen LogP contribution in [0.2, 0.25) is 0 Å². The number of rotatable bonds is 18. The number of ether oxygens (including phenoxy) is 4. The molecule has 0 aliphatic carbocycles. The maximum absolute atomic E-state index is 14.0. The molecule has 0 bridgehead atoms. The molecule has 288 valence electrons. The maximum atomic E-state index is 14.0. The molecule has 3 unspecified atom stereocenters. The minimum atomic E-state index is -4.47. The highest BCUT2D eigenvalue weighted by molar-refractivity contribution is 7.69. The summed E-state index contributed by atoms with van der Waals surface area (Å²) >= 11 is 0. The zero-order chi connectivity index (χ0) is 38.7. The van der Waals surface area contributed by atoms with Crippen LogP contribution in [0.1, 0.15) is 75.5 Å². The second-order valence-corrected chi connectivity index (χ2v) is 17.1. The third-order valence-electron chi connectivity index (χ3n) is 6.85. The summed E-state index contributed by atoms with van der Waals surface area (Å²) in [7, 11) is -5.03. The lowest BCUT2D eigenvalue weighted by Crippen LogP contribution is -2.41. The van der Waals surface area contributed by atoms with Gasteiger partial charge < -0.3 is 32.8 Å². The van der Waals surface area contributed by atoms with Crippen molar-refractivity contribution in [3.05, 3.63) is 44.5 Å². The van der Waals surface area contributed by atoms with Crippen molar-refractivity contribution in [2.24, 2.45) is 15.8 Å². The number of aromatic nitrogens is 2. The van der Waals surface area contributed by atoms with Gasteiger partial charge in [0.2, 0.25) is 20.1 Å². The van der Waals surface area contributed by atoms with Crippen LogP contribution < -0.4 is 11.2 Å². The lowest BCUT2D eigenvalue weighted by atomic mass is 9.98. The van der Waals surface area contributed by atoms with Gasteiger partial charge in [-0.3, -0.25) is 42.5 Å². The number of hydrogen-bond donors (Lipinski definition) is 1. The Kier molecular flexibility index (Phi) is 16.8. The van der Waals surface area contributed by atoms with Crippen molar-refractivity contribution in [1.29, 1.82) is 0 Å². The summed E-state index contributed by atoms with van der Waals surface area (Å²) in [5.74, 6) is -0.512. The highest BCUT2D eigenvalue weighted by Crippen LogP contribution is 2.51. The number of hydrogen-bond acceptors (Lipinski definition) is 15. The van der Waals surface area contributed by atoms with Gasteiger partial charge in [0.25, 0.3) is 14.1 Å². The van der Waals surface area contributed by atoms with E-state index in [9.17, 15) is 23.7 Å². The Hall–Kier alpha value is -2.84. The second-order valence-electron chi connectivity index (χ2n) is 13.9. The third kappa shape index (κ3) is 13.3. The van der Waals surface area contributed by atoms with Crippen molar-refractivity contribution in [2.45, 2.75) is 106 Å². The van der Waals surface area contributed by atoms with Gasteiger partial charge in [-0.1, -0.05) is 0 Å². The summed E-state index contributed by atoms with van der Waals surface area (Å²) in [6.45, 7) is 23.2. The molecule has 0 radical (unpaired) electrons. The molecule has 2 rings (SSSR count). The van der Waals surface area contributed by atoms with Crippen LogP contribution in [0.3, 0.4) is 0 Å². The largest absolute Gasteiger partial charge is 0.438 e. The SMILES string of the molecule is [C-]#[N+]CCOP(OC1C(OC)[C@H](n2ccc(=O)[nH]c2=O)O[C@@H]1/N=C/P(=O)(OCOC(=O)C(C)(C)C)OCOC(=O)C(C)(C)C)N(C(C)C)C(C)C. The van der Waals surface area contributed by atoms with E-state index in [-0.39, 0.29) is 25.2 Å². The minimum absolute atomic E-state index is 0.0462. The van der Waals surface area contributed by atoms with Crippen LogP contribution in [0, 0.1) is 17.4 Å². The van der Waals surface area contributed by atoms with Gasteiger partial charge in [-0.2, -0.15) is 0 Å². The quantitative estimate of drug-likeness (QED) is 0.0550. The topological polar surface area (TPSA) is 200 Å². The number of H-pyrrole nitrogens is 1. The van der Waals surface area contributed by atoms with Gasteiger partial charge in [0, 0.05) is 31.5 Å². The van der Waals surface area contributed by atoms with Crippen LogP contribution in [0.4, 0.5) is 0 Å². The Morgan fingerprint density at radius 3 is 2.06 bits per heavy atom. The summed E-state index contributed by atoms with van der Waals surface area (Å²) in [6, 6.07) is 0.957. The molecule has 1 N–H and O–H groups in total. The van der Waals surface area contributed by atoms with Gasteiger partial charge in [-0.25, -0.2) is 16.0 Å². The number of nitrogens with one attached hydrogen (secondary N) is 1. The van der Waals surface area contributed by atoms with E-state index in [4.69, 9.17) is 43.6 Å². The molecule has 5 atom stereocenters. The summed E-state index contributed by atoms with van der Waals surface area (Å²) in [5, 5.41) is 0. The predicted molar refractivity (Wildman–Crippen MR) is 186 cm³/mol. The normalized spacial score (nSPS) is 20.6. The zero-order valence-electron chi connectivity index (χ0n) is 31.0. The first kappa shape index (κ1) is 44.3. The molecule has 1 aliphatic heterocycles. The van der Waals surface area contributed by atoms with Crippen molar-refractivity contribution >= 4 is 34.0 Å². The van der Waals surface area contributed by atoms with Crippen LogP contribution in [-0.4, -0.2) is 96.5 Å². The second kappa shape index (κ2) is 19.3. The lowest BCUT2D eigenvalue weighted by Gasteiger charge is -2.37. The van der Waals surface area contributed by atoms with Gasteiger partial charge in [-0.15, -0.1) is 0 Å². The first-order chi connectivity index (χ1) is 23.6. The van der Waals surface area contributed by atoms with E-state index in [0.717, 1.165) is 16.6 Å². The maximum Gasteiger partial charge on any atom is 0.377 e. The van der Waals surface area contributed by atoms with Crippen LogP contribution in [0.25, 0.3) is 4.85 Å². The van der Waals surface area contributed by atoms with Crippen molar-refractivity contribution in [3.63, 3.8) is 0 Å². The van der Waals surface area contributed by atoms with E-state index in [1.165, 1.54) is 13.3 Å². The van der Waals surface area contributed by atoms with Gasteiger partial charge in [0.1, 0.15) is 24.8 Å². The zero-order valence-corrected chi connectivity index (χ0v) is 32.8. The number of esters is 2.